The van der Waals surface area contributed by atoms with Crippen molar-refractivity contribution in [2.24, 2.45) is 11.7 Å². The number of nitrogens with one attached hydrogen (secondary N) is 1. The number of rotatable bonds is 3. The Bertz CT molecular complexity index is 635. The molecule has 0 spiro atoms. The predicted molar refractivity (Wildman–Crippen MR) is 86.2 cm³/mol. The highest BCUT2D eigenvalue weighted by molar-refractivity contribution is 7.14. The zero-order valence-electron chi connectivity index (χ0n) is 12.0. The molecule has 110 valence electrons. The monoisotopic (exact) mass is 301 g/mol. The molecular weight excluding hydrogens is 282 g/mol. The number of aryl methyl sites for hydroxylation is 1. The molecule has 0 aliphatic heterocycles. The highest BCUT2D eigenvalue weighted by atomic mass is 32.1. The molecule has 1 aromatic carbocycles. The maximum atomic E-state index is 12.2. The molecule has 1 amide bonds. The van der Waals surface area contributed by atoms with Crippen LogP contribution in [0.2, 0.25) is 0 Å². The second-order valence-corrected chi connectivity index (χ2v) is 6.52. The van der Waals surface area contributed by atoms with Crippen LogP contribution in [0.3, 0.4) is 0 Å². The summed E-state index contributed by atoms with van der Waals surface area (Å²) in [4.78, 5) is 16.6. The third-order valence-corrected chi connectivity index (χ3v) is 4.68. The van der Waals surface area contributed by atoms with Crippen molar-refractivity contribution in [3.05, 3.63) is 35.2 Å². The van der Waals surface area contributed by atoms with Crippen molar-refractivity contribution in [1.29, 1.82) is 0 Å². The molecule has 0 saturated heterocycles. The Balaban J connectivity index is 1.67. The van der Waals surface area contributed by atoms with Crippen LogP contribution in [0.1, 0.15) is 24.8 Å². The van der Waals surface area contributed by atoms with Crippen molar-refractivity contribution in [2.75, 3.05) is 5.32 Å². The second kappa shape index (κ2) is 5.95. The van der Waals surface area contributed by atoms with Gasteiger partial charge >= 0.3 is 0 Å². The number of nitrogens with zero attached hydrogens (tertiary/aromatic N) is 1. The Morgan fingerprint density at radius 2 is 2.10 bits per heavy atom. The minimum Gasteiger partial charge on any atom is -0.328 e. The second-order valence-electron chi connectivity index (χ2n) is 5.66. The first-order chi connectivity index (χ1) is 10.1. The van der Waals surface area contributed by atoms with E-state index in [-0.39, 0.29) is 17.9 Å². The van der Waals surface area contributed by atoms with Gasteiger partial charge < -0.3 is 11.1 Å². The smallest absolute Gasteiger partial charge is 0.229 e. The van der Waals surface area contributed by atoms with Crippen molar-refractivity contribution in [1.82, 2.24) is 4.98 Å². The summed E-state index contributed by atoms with van der Waals surface area (Å²) >= 11 is 1.46. The number of thiazole rings is 1. The van der Waals surface area contributed by atoms with Crippen molar-refractivity contribution in [3.8, 4) is 11.3 Å². The minimum atomic E-state index is 0.0340. The molecule has 5 heteroatoms. The summed E-state index contributed by atoms with van der Waals surface area (Å²) in [6, 6.07) is 8.39. The maximum Gasteiger partial charge on any atom is 0.229 e. The quantitative estimate of drug-likeness (QED) is 0.915. The normalized spacial score (nSPS) is 21.4. The Morgan fingerprint density at radius 1 is 1.33 bits per heavy atom. The molecule has 1 aromatic heterocycles. The molecule has 1 aliphatic carbocycles. The van der Waals surface area contributed by atoms with Gasteiger partial charge in [-0.05, 0) is 26.2 Å². The number of hydrogen-bond acceptors (Lipinski definition) is 4. The van der Waals surface area contributed by atoms with Crippen LogP contribution in [-0.2, 0) is 4.79 Å². The zero-order chi connectivity index (χ0) is 14.8. The number of carbonyl (C=O) groups excluding carboxylic acids is 1. The Kier molecular flexibility index (Phi) is 4.03. The first-order valence-electron chi connectivity index (χ1n) is 7.21. The third-order valence-electron chi connectivity index (χ3n) is 3.93. The number of amides is 1. The topological polar surface area (TPSA) is 68.0 Å². The highest BCUT2D eigenvalue weighted by Gasteiger charge is 2.28. The zero-order valence-corrected chi connectivity index (χ0v) is 12.8. The summed E-state index contributed by atoms with van der Waals surface area (Å²) in [6.45, 7) is 2.06. The molecule has 0 radical (unpaired) electrons. The Morgan fingerprint density at radius 3 is 2.76 bits per heavy atom. The van der Waals surface area contributed by atoms with Crippen LogP contribution in [0, 0.1) is 12.8 Å². The third kappa shape index (κ3) is 3.31. The minimum absolute atomic E-state index is 0.0340. The summed E-state index contributed by atoms with van der Waals surface area (Å²) in [7, 11) is 0. The maximum absolute atomic E-state index is 12.2. The van der Waals surface area contributed by atoms with Gasteiger partial charge in [0.1, 0.15) is 0 Å². The van der Waals surface area contributed by atoms with E-state index in [0.29, 0.717) is 5.13 Å². The van der Waals surface area contributed by atoms with E-state index in [4.69, 9.17) is 5.73 Å². The fraction of sp³-hybridized carbons (Fsp3) is 0.375. The van der Waals surface area contributed by atoms with E-state index in [1.165, 1.54) is 16.9 Å². The summed E-state index contributed by atoms with van der Waals surface area (Å²) in [5, 5.41) is 5.55. The van der Waals surface area contributed by atoms with E-state index in [2.05, 4.69) is 29.4 Å². The summed E-state index contributed by atoms with van der Waals surface area (Å²) in [6.07, 6.45) is 2.59. The van der Waals surface area contributed by atoms with Gasteiger partial charge in [0.05, 0.1) is 5.69 Å². The lowest BCUT2D eigenvalue weighted by atomic mass is 10.1. The van der Waals surface area contributed by atoms with Crippen molar-refractivity contribution in [2.45, 2.75) is 32.2 Å². The van der Waals surface area contributed by atoms with Crippen LogP contribution >= 0.6 is 11.3 Å². The van der Waals surface area contributed by atoms with Gasteiger partial charge in [0.15, 0.2) is 5.13 Å². The first-order valence-corrected chi connectivity index (χ1v) is 8.09. The van der Waals surface area contributed by atoms with Crippen LogP contribution in [0.5, 0.6) is 0 Å². The molecule has 0 bridgehead atoms. The lowest BCUT2D eigenvalue weighted by Crippen LogP contribution is -2.23. The van der Waals surface area contributed by atoms with Crippen LogP contribution in [0.15, 0.2) is 29.6 Å². The lowest BCUT2D eigenvalue weighted by molar-refractivity contribution is -0.119. The van der Waals surface area contributed by atoms with E-state index >= 15 is 0 Å². The fourth-order valence-electron chi connectivity index (χ4n) is 2.65. The molecule has 1 saturated carbocycles. The van der Waals surface area contributed by atoms with Crippen LogP contribution in [0.4, 0.5) is 5.13 Å². The van der Waals surface area contributed by atoms with E-state index in [1.807, 2.05) is 17.5 Å². The van der Waals surface area contributed by atoms with Gasteiger partial charge in [-0.25, -0.2) is 4.98 Å². The number of carbonyl (C=O) groups is 1. The lowest BCUT2D eigenvalue weighted by Gasteiger charge is -2.08. The number of nitrogens with two attached hydrogens (primary N) is 1. The van der Waals surface area contributed by atoms with Gasteiger partial charge in [0.2, 0.25) is 5.91 Å². The summed E-state index contributed by atoms with van der Waals surface area (Å²) < 4.78 is 0. The Hall–Kier alpha value is -1.72. The average molecular weight is 301 g/mol. The molecule has 1 aliphatic rings. The van der Waals surface area contributed by atoms with Crippen LogP contribution in [0.25, 0.3) is 11.3 Å². The molecule has 3 rings (SSSR count). The van der Waals surface area contributed by atoms with Crippen LogP contribution < -0.4 is 11.1 Å². The molecule has 2 aromatic rings. The van der Waals surface area contributed by atoms with Crippen LogP contribution in [-0.4, -0.2) is 16.9 Å². The number of benzene rings is 1. The first kappa shape index (κ1) is 14.2. The molecular formula is C16H19N3OS. The number of hydrogen-bond donors (Lipinski definition) is 2. The average Bonchev–Trinajstić information content (AvgIpc) is 3.09. The molecule has 2 atom stereocenters. The van der Waals surface area contributed by atoms with E-state index in [0.717, 1.165) is 30.5 Å². The summed E-state index contributed by atoms with van der Waals surface area (Å²) in [5.74, 6) is 0.0829. The molecule has 4 nitrogen and oxygen atoms in total. The molecule has 21 heavy (non-hydrogen) atoms. The summed E-state index contributed by atoms with van der Waals surface area (Å²) in [5.41, 5.74) is 9.05. The van der Waals surface area contributed by atoms with Gasteiger partial charge in [0, 0.05) is 22.9 Å². The van der Waals surface area contributed by atoms with E-state index < -0.39 is 0 Å². The predicted octanol–water partition coefficient (Wildman–Crippen LogP) is 3.18. The molecule has 3 N–H and O–H groups in total. The molecule has 1 heterocycles. The van der Waals surface area contributed by atoms with Crippen molar-refractivity contribution in [3.63, 3.8) is 0 Å². The van der Waals surface area contributed by atoms with E-state index in [9.17, 15) is 4.79 Å². The standard InChI is InChI=1S/C16H19N3OS/c1-10-2-4-11(5-3-10)14-9-21-16(18-14)19-15(20)12-6-7-13(17)8-12/h2-5,9,12-13H,6-8,17H2,1H3,(H,18,19,20). The van der Waals surface area contributed by atoms with Gasteiger partial charge in [-0.2, -0.15) is 0 Å². The Labute approximate surface area is 128 Å². The fourth-order valence-corrected chi connectivity index (χ4v) is 3.37. The van der Waals surface area contributed by atoms with Gasteiger partial charge in [-0.15, -0.1) is 11.3 Å². The van der Waals surface area contributed by atoms with Crippen molar-refractivity contribution >= 4 is 22.4 Å². The van der Waals surface area contributed by atoms with Gasteiger partial charge in [-0.3, -0.25) is 4.79 Å². The SMILES string of the molecule is Cc1ccc(-c2csc(NC(=O)C3CCC(N)C3)n2)cc1. The highest BCUT2D eigenvalue weighted by Crippen LogP contribution is 2.28. The largest absolute Gasteiger partial charge is 0.328 e. The van der Waals surface area contributed by atoms with Crippen molar-refractivity contribution < 1.29 is 4.79 Å². The van der Waals surface area contributed by atoms with E-state index in [1.54, 1.807) is 0 Å². The molecule has 2 unspecified atom stereocenters. The number of aromatic nitrogens is 1. The molecule has 1 fully saturated rings. The van der Waals surface area contributed by atoms with Gasteiger partial charge in [0.25, 0.3) is 0 Å². The number of anilines is 1. The van der Waals surface area contributed by atoms with Gasteiger partial charge in [-0.1, -0.05) is 29.8 Å².